The van der Waals surface area contributed by atoms with E-state index in [4.69, 9.17) is 0 Å². The zero-order valence-electron chi connectivity index (χ0n) is 7.26. The molecule has 0 unspecified atom stereocenters. The molecule has 2 nitrogen and oxygen atoms in total. The normalized spacial score (nSPS) is 9.50. The molecule has 0 amide bonds. The highest BCUT2D eigenvalue weighted by atomic mass is 16.5. The van der Waals surface area contributed by atoms with Gasteiger partial charge in [0.1, 0.15) is 0 Å². The van der Waals surface area contributed by atoms with Crippen LogP contribution < -0.4 is 0 Å². The predicted octanol–water partition coefficient (Wildman–Crippen LogP) is 1.84. The Kier molecular flexibility index (Phi) is 2.86. The van der Waals surface area contributed by atoms with Crippen molar-refractivity contribution in [3.63, 3.8) is 0 Å². The summed E-state index contributed by atoms with van der Waals surface area (Å²) in [6.07, 6.45) is 0.956. The fourth-order valence-corrected chi connectivity index (χ4v) is 0.914. The smallest absolute Gasteiger partial charge is 0.338 e. The van der Waals surface area contributed by atoms with E-state index in [0.717, 1.165) is 6.42 Å². The number of rotatable bonds is 2. The topological polar surface area (TPSA) is 26.3 Å². The first-order chi connectivity index (χ1) is 5.77. The van der Waals surface area contributed by atoms with Gasteiger partial charge in [-0.3, -0.25) is 0 Å². The van der Waals surface area contributed by atoms with E-state index in [1.165, 1.54) is 12.7 Å². The lowest BCUT2D eigenvalue weighted by Crippen LogP contribution is -2.00. The molecule has 0 N–H and O–H groups in total. The summed E-state index contributed by atoms with van der Waals surface area (Å²) in [4.78, 5) is 11.0. The third-order valence-corrected chi connectivity index (χ3v) is 1.69. The second-order valence-corrected chi connectivity index (χ2v) is 2.46. The molecule has 12 heavy (non-hydrogen) atoms. The first-order valence-corrected chi connectivity index (χ1v) is 3.87. The van der Waals surface area contributed by atoms with Crippen molar-refractivity contribution in [2.75, 3.05) is 7.11 Å². The number of carbonyl (C=O) groups is 1. The molecule has 0 heterocycles. The van der Waals surface area contributed by atoms with Crippen molar-refractivity contribution in [2.24, 2.45) is 0 Å². The van der Waals surface area contributed by atoms with E-state index in [1.54, 1.807) is 6.07 Å². The first kappa shape index (κ1) is 8.78. The number of aryl methyl sites for hydroxylation is 1. The van der Waals surface area contributed by atoms with E-state index < -0.39 is 0 Å². The number of hydrogen-bond donors (Lipinski definition) is 0. The standard InChI is InChI=1S/C10H11O2/c1-3-8-4-6-9(7-5-8)10(11)12-2/h4-6H,3H2,1-2H3. The van der Waals surface area contributed by atoms with E-state index in [1.807, 2.05) is 12.1 Å². The molecule has 0 fully saturated rings. The Hall–Kier alpha value is -1.31. The van der Waals surface area contributed by atoms with Crippen LogP contribution in [0.1, 0.15) is 22.8 Å². The van der Waals surface area contributed by atoms with Gasteiger partial charge in [0.2, 0.25) is 0 Å². The van der Waals surface area contributed by atoms with E-state index in [9.17, 15) is 4.79 Å². The van der Waals surface area contributed by atoms with Crippen molar-refractivity contribution >= 4 is 5.97 Å². The highest BCUT2D eigenvalue weighted by molar-refractivity contribution is 5.88. The fourth-order valence-electron chi connectivity index (χ4n) is 0.914. The zero-order valence-corrected chi connectivity index (χ0v) is 7.26. The van der Waals surface area contributed by atoms with Crippen molar-refractivity contribution in [1.82, 2.24) is 0 Å². The van der Waals surface area contributed by atoms with Gasteiger partial charge in [-0.2, -0.15) is 0 Å². The molecule has 2 heteroatoms. The van der Waals surface area contributed by atoms with Crippen LogP contribution in [0.4, 0.5) is 0 Å². The minimum Gasteiger partial charge on any atom is -0.465 e. The van der Waals surface area contributed by atoms with Gasteiger partial charge in [-0.1, -0.05) is 19.1 Å². The summed E-state index contributed by atoms with van der Waals surface area (Å²) in [7, 11) is 1.36. The van der Waals surface area contributed by atoms with Gasteiger partial charge < -0.3 is 4.74 Å². The van der Waals surface area contributed by atoms with Crippen molar-refractivity contribution in [1.29, 1.82) is 0 Å². The highest BCUT2D eigenvalue weighted by Gasteiger charge is 2.03. The van der Waals surface area contributed by atoms with Crippen LogP contribution in [0.5, 0.6) is 0 Å². The summed E-state index contributed by atoms with van der Waals surface area (Å²) >= 11 is 0. The van der Waals surface area contributed by atoms with Crippen LogP contribution in [0.3, 0.4) is 0 Å². The maximum atomic E-state index is 11.0. The van der Waals surface area contributed by atoms with Gasteiger partial charge >= 0.3 is 5.97 Å². The molecule has 0 atom stereocenters. The Morgan fingerprint density at radius 3 is 2.75 bits per heavy atom. The fraction of sp³-hybridized carbons (Fsp3) is 0.300. The zero-order chi connectivity index (χ0) is 8.97. The first-order valence-electron chi connectivity index (χ1n) is 3.87. The largest absolute Gasteiger partial charge is 0.465 e. The summed E-state index contributed by atoms with van der Waals surface area (Å²) in [5.41, 5.74) is 1.65. The van der Waals surface area contributed by atoms with E-state index in [0.29, 0.717) is 5.56 Å². The predicted molar refractivity (Wildman–Crippen MR) is 46.0 cm³/mol. The van der Waals surface area contributed by atoms with Crippen LogP contribution in [0.2, 0.25) is 0 Å². The summed E-state index contributed by atoms with van der Waals surface area (Å²) < 4.78 is 4.54. The molecule has 0 aromatic heterocycles. The molecule has 0 spiro atoms. The van der Waals surface area contributed by atoms with Crippen LogP contribution in [0.25, 0.3) is 0 Å². The van der Waals surface area contributed by atoms with Crippen LogP contribution in [0, 0.1) is 6.07 Å². The average molecular weight is 163 g/mol. The van der Waals surface area contributed by atoms with Gasteiger partial charge in [-0.25, -0.2) is 4.79 Å². The number of benzene rings is 1. The third kappa shape index (κ3) is 1.84. The number of esters is 1. The van der Waals surface area contributed by atoms with Crippen molar-refractivity contribution in [3.05, 3.63) is 35.4 Å². The number of carbonyl (C=O) groups excluding carboxylic acids is 1. The molecule has 1 aromatic rings. The SMILES string of the molecule is CCc1c[c]c(C(=O)OC)cc1. The van der Waals surface area contributed by atoms with Crippen molar-refractivity contribution < 1.29 is 9.53 Å². The minimum absolute atomic E-state index is 0.336. The molecule has 0 saturated carbocycles. The minimum atomic E-state index is -0.336. The van der Waals surface area contributed by atoms with Crippen molar-refractivity contribution in [2.45, 2.75) is 13.3 Å². The number of ether oxygens (including phenoxy) is 1. The lowest BCUT2D eigenvalue weighted by atomic mass is 10.1. The Morgan fingerprint density at radius 1 is 1.58 bits per heavy atom. The molecule has 0 aliphatic carbocycles. The Morgan fingerprint density at radius 2 is 2.33 bits per heavy atom. The second-order valence-electron chi connectivity index (χ2n) is 2.46. The van der Waals surface area contributed by atoms with Crippen LogP contribution >= 0.6 is 0 Å². The summed E-state index contributed by atoms with van der Waals surface area (Å²) in [6.45, 7) is 2.06. The van der Waals surface area contributed by atoms with E-state index in [-0.39, 0.29) is 5.97 Å². The van der Waals surface area contributed by atoms with Gasteiger partial charge in [0.15, 0.2) is 0 Å². The number of hydrogen-bond acceptors (Lipinski definition) is 2. The molecule has 0 bridgehead atoms. The van der Waals surface area contributed by atoms with Crippen LogP contribution in [0.15, 0.2) is 18.2 Å². The van der Waals surface area contributed by atoms with Gasteiger partial charge in [0, 0.05) is 0 Å². The average Bonchev–Trinajstić information content (AvgIpc) is 2.17. The molecule has 0 aliphatic rings. The van der Waals surface area contributed by atoms with E-state index in [2.05, 4.69) is 17.7 Å². The van der Waals surface area contributed by atoms with Crippen molar-refractivity contribution in [3.8, 4) is 0 Å². The van der Waals surface area contributed by atoms with Gasteiger partial charge in [0.25, 0.3) is 0 Å². The molecular weight excluding hydrogens is 152 g/mol. The van der Waals surface area contributed by atoms with Crippen LogP contribution in [-0.2, 0) is 11.2 Å². The summed E-state index contributed by atoms with van der Waals surface area (Å²) in [5, 5.41) is 0. The maximum Gasteiger partial charge on any atom is 0.338 e. The van der Waals surface area contributed by atoms with E-state index >= 15 is 0 Å². The summed E-state index contributed by atoms with van der Waals surface area (Å²) in [5.74, 6) is -0.336. The molecule has 63 valence electrons. The number of methoxy groups -OCH3 is 1. The molecule has 1 radical (unpaired) electrons. The molecule has 0 saturated heterocycles. The Bertz CT molecular complexity index is 262. The molecule has 1 aromatic carbocycles. The highest BCUT2D eigenvalue weighted by Crippen LogP contribution is 2.04. The summed E-state index contributed by atoms with van der Waals surface area (Å²) in [6, 6.07) is 8.31. The second kappa shape index (κ2) is 3.90. The molecular formula is C10H11O2. The van der Waals surface area contributed by atoms with Gasteiger partial charge in [-0.15, -0.1) is 0 Å². The third-order valence-electron chi connectivity index (χ3n) is 1.69. The quantitative estimate of drug-likeness (QED) is 0.622. The molecule has 1 rings (SSSR count). The Balaban J connectivity index is 2.84. The monoisotopic (exact) mass is 163 g/mol. The lowest BCUT2D eigenvalue weighted by Gasteiger charge is -1.99. The van der Waals surface area contributed by atoms with Crippen LogP contribution in [-0.4, -0.2) is 13.1 Å². The maximum absolute atomic E-state index is 11.0. The Labute approximate surface area is 72.2 Å². The van der Waals surface area contributed by atoms with Gasteiger partial charge in [-0.05, 0) is 24.1 Å². The lowest BCUT2D eigenvalue weighted by molar-refractivity contribution is 0.0600. The molecule has 0 aliphatic heterocycles. The van der Waals surface area contributed by atoms with Gasteiger partial charge in [0.05, 0.1) is 12.7 Å².